The highest BCUT2D eigenvalue weighted by Crippen LogP contribution is 2.62. The number of fused-ring (bicyclic) bond motifs is 4. The second kappa shape index (κ2) is 16.7. The van der Waals surface area contributed by atoms with Crippen LogP contribution >= 0.6 is 0 Å². The van der Waals surface area contributed by atoms with E-state index in [1.165, 1.54) is 19.3 Å². The molecule has 2 bridgehead atoms. The van der Waals surface area contributed by atoms with Gasteiger partial charge in [0.15, 0.2) is 18.0 Å². The summed E-state index contributed by atoms with van der Waals surface area (Å²) < 4.78 is 30.2. The number of aryl methyl sites for hydroxylation is 1. The van der Waals surface area contributed by atoms with Gasteiger partial charge in [-0.15, -0.1) is 0 Å². The van der Waals surface area contributed by atoms with Crippen LogP contribution in [0.4, 0.5) is 0 Å². The van der Waals surface area contributed by atoms with Crippen LogP contribution in [0.1, 0.15) is 103 Å². The number of hydrogen-bond acceptors (Lipinski definition) is 13. The van der Waals surface area contributed by atoms with Gasteiger partial charge < -0.3 is 49.2 Å². The Hall–Kier alpha value is -4.76. The Morgan fingerprint density at radius 3 is 2.29 bits per heavy atom. The number of phenolic OH excluding ortho intramolecular Hbond substituents is 1. The van der Waals surface area contributed by atoms with Crippen LogP contribution < -0.4 is 4.74 Å². The molecule has 14 atom stereocenters. The molecule has 6 aliphatic rings. The molecule has 0 radical (unpaired) electrons. The number of carboxylic acids is 1. The first-order valence-electron chi connectivity index (χ1n) is 22.0. The van der Waals surface area contributed by atoms with Crippen LogP contribution in [-0.2, 0) is 33.3 Å². The first kappa shape index (κ1) is 46.2. The fraction of sp³-hybridized carbons (Fsp3) is 0.592. The molecule has 1 spiro atoms. The Balaban J connectivity index is 1.32. The molecule has 14 heteroatoms. The Labute approximate surface area is 368 Å². The Morgan fingerprint density at radius 2 is 1.63 bits per heavy atom. The third kappa shape index (κ3) is 7.44. The van der Waals surface area contributed by atoms with Crippen molar-refractivity contribution >= 4 is 23.7 Å². The molecule has 2 saturated heterocycles. The third-order valence-corrected chi connectivity index (χ3v) is 15.1. The van der Waals surface area contributed by atoms with E-state index < -0.39 is 118 Å². The Kier molecular flexibility index (Phi) is 12.2. The lowest BCUT2D eigenvalue weighted by Gasteiger charge is -2.56. The van der Waals surface area contributed by atoms with Gasteiger partial charge in [-0.3, -0.25) is 4.79 Å². The number of methoxy groups -OCH3 is 1. The molecule has 342 valence electrons. The van der Waals surface area contributed by atoms with Gasteiger partial charge in [-0.25, -0.2) is 14.4 Å². The van der Waals surface area contributed by atoms with Crippen LogP contribution in [0.2, 0.25) is 0 Å². The highest BCUT2D eigenvalue weighted by atomic mass is 16.7. The minimum atomic E-state index is -1.81. The molecule has 1 aromatic carbocycles. The van der Waals surface area contributed by atoms with Crippen molar-refractivity contribution in [2.45, 2.75) is 137 Å². The van der Waals surface area contributed by atoms with E-state index in [-0.39, 0.29) is 23.5 Å². The van der Waals surface area contributed by atoms with Gasteiger partial charge in [-0.1, -0.05) is 61.8 Å². The standard InChI is InChI=1S/C49H62O14/c1-22-12-11-13-23(2)36-26(5)17-30-33(61-46-40(39(52)38(51)28(7)60-46)62-44(57)34-25(4)16-29(59-10)18-32(34)50)15-14-24(3)37(30)48(36,9)41(53)35-42(54)49(63-45(35)58)20-27(6)31(43(55)56)21-47(49,8)19-22/h13,16-19,21,24,27-28,30,33,36-40,46,50-53H,11-12,14-15,20H2,1-10H3,(H,55,56)/b22-19+,23-13+,41-35?/t24-,27+,28+,30+,33-,36+,37+,38+,39+,40+,46-,47+,48+,49+/m0/s1. The number of ketones is 1. The van der Waals surface area contributed by atoms with Crippen LogP contribution in [0.25, 0.3) is 0 Å². The van der Waals surface area contributed by atoms with E-state index >= 15 is 4.79 Å². The Morgan fingerprint density at radius 1 is 0.937 bits per heavy atom. The van der Waals surface area contributed by atoms with Crippen molar-refractivity contribution in [3.8, 4) is 11.5 Å². The van der Waals surface area contributed by atoms with Gasteiger partial charge in [0.25, 0.3) is 0 Å². The second-order valence-corrected chi connectivity index (χ2v) is 19.4. The first-order chi connectivity index (χ1) is 29.5. The summed E-state index contributed by atoms with van der Waals surface area (Å²) in [5.74, 6) is -6.39. The van der Waals surface area contributed by atoms with Gasteiger partial charge in [0, 0.05) is 35.3 Å². The number of benzene rings is 1. The fourth-order valence-corrected chi connectivity index (χ4v) is 12.2. The summed E-state index contributed by atoms with van der Waals surface area (Å²) >= 11 is 0. The monoisotopic (exact) mass is 874 g/mol. The normalized spacial score (nSPS) is 41.0. The predicted molar refractivity (Wildman–Crippen MR) is 228 cm³/mol. The molecular formula is C49H62O14. The average molecular weight is 875 g/mol. The number of carbonyl (C=O) groups excluding carboxylic acids is 3. The number of aliphatic carboxylic acids is 1. The van der Waals surface area contributed by atoms with Crippen LogP contribution in [0.5, 0.6) is 11.5 Å². The van der Waals surface area contributed by atoms with Gasteiger partial charge in [0.2, 0.25) is 5.78 Å². The summed E-state index contributed by atoms with van der Waals surface area (Å²) in [5.41, 5.74) is -1.90. The SMILES string of the molecule is COc1cc(C)c(C(=O)O[C@H]2[C@H](O[C@H]3CC[C@H](C)[C@@H]4[C@@H]3C=C(C)[C@H]3/C(C)=C/CC/C(C)=C/[C@]5(C)C=C(C(=O)O)[C@H](C)C[C@]56OC(=O)C(=C(O)[C@@]43C)C6=O)O[C@H](C)[C@@H](O)[C@H]2O)c(O)c1. The maximum atomic E-state index is 15.2. The lowest BCUT2D eigenvalue weighted by atomic mass is 9.49. The maximum Gasteiger partial charge on any atom is 0.346 e. The minimum absolute atomic E-state index is 0.0920. The summed E-state index contributed by atoms with van der Waals surface area (Å²) in [7, 11) is 1.42. The molecule has 63 heavy (non-hydrogen) atoms. The number of allylic oxidation sites excluding steroid dienone is 5. The zero-order valence-corrected chi connectivity index (χ0v) is 37.8. The summed E-state index contributed by atoms with van der Waals surface area (Å²) in [5, 5.41) is 56.3. The first-order valence-corrected chi connectivity index (χ1v) is 22.0. The molecule has 2 aliphatic heterocycles. The third-order valence-electron chi connectivity index (χ3n) is 15.1. The number of ether oxygens (including phenoxy) is 5. The van der Waals surface area contributed by atoms with E-state index in [4.69, 9.17) is 23.7 Å². The van der Waals surface area contributed by atoms with Gasteiger partial charge in [-0.05, 0) is 96.6 Å². The number of esters is 2. The molecule has 14 nitrogen and oxygen atoms in total. The summed E-state index contributed by atoms with van der Waals surface area (Å²) in [6.07, 6.45) is 2.16. The van der Waals surface area contributed by atoms with Gasteiger partial charge in [0.1, 0.15) is 40.6 Å². The van der Waals surface area contributed by atoms with E-state index in [1.807, 2.05) is 33.8 Å². The second-order valence-electron chi connectivity index (χ2n) is 19.4. The number of aromatic hydroxyl groups is 1. The molecule has 2 heterocycles. The largest absolute Gasteiger partial charge is 0.511 e. The van der Waals surface area contributed by atoms with Crippen LogP contribution in [0, 0.1) is 47.3 Å². The van der Waals surface area contributed by atoms with E-state index in [9.17, 15) is 39.9 Å². The van der Waals surface area contributed by atoms with E-state index in [2.05, 4.69) is 19.1 Å². The lowest BCUT2D eigenvalue weighted by Crippen LogP contribution is -2.60. The minimum Gasteiger partial charge on any atom is -0.511 e. The molecule has 1 aromatic rings. The van der Waals surface area contributed by atoms with E-state index in [1.54, 1.807) is 33.8 Å². The van der Waals surface area contributed by atoms with Gasteiger partial charge in [0.05, 0.1) is 24.7 Å². The van der Waals surface area contributed by atoms with Crippen molar-refractivity contribution in [3.05, 3.63) is 81.2 Å². The highest BCUT2D eigenvalue weighted by Gasteiger charge is 2.67. The van der Waals surface area contributed by atoms with Crippen LogP contribution in [0.15, 0.2) is 70.1 Å². The van der Waals surface area contributed by atoms with E-state index in [0.29, 0.717) is 37.0 Å². The molecule has 1 saturated carbocycles. The fourth-order valence-electron chi connectivity index (χ4n) is 12.2. The zero-order chi connectivity index (χ0) is 46.2. The van der Waals surface area contributed by atoms with Gasteiger partial charge in [-0.2, -0.15) is 0 Å². The molecule has 5 N–H and O–H groups in total. The van der Waals surface area contributed by atoms with Crippen molar-refractivity contribution in [2.24, 2.45) is 40.4 Å². The number of aliphatic hydroxyl groups is 3. The number of Topliss-reactive ketones (excluding diaryl/α,β-unsaturated/α-hetero) is 1. The Bertz CT molecular complexity index is 2230. The number of aliphatic hydroxyl groups excluding tert-OH is 3. The van der Waals surface area contributed by atoms with Crippen LogP contribution in [0.3, 0.4) is 0 Å². The molecule has 7 rings (SSSR count). The number of carbonyl (C=O) groups is 4. The van der Waals surface area contributed by atoms with Crippen molar-refractivity contribution in [3.63, 3.8) is 0 Å². The maximum absolute atomic E-state index is 15.2. The van der Waals surface area contributed by atoms with Crippen LogP contribution in [-0.4, -0.2) is 98.7 Å². The molecular weight excluding hydrogens is 813 g/mol. The number of phenols is 1. The number of hydrogen-bond donors (Lipinski definition) is 5. The smallest absolute Gasteiger partial charge is 0.346 e. The highest BCUT2D eigenvalue weighted by molar-refractivity contribution is 6.26. The van der Waals surface area contributed by atoms with Crippen molar-refractivity contribution in [2.75, 3.05) is 7.11 Å². The summed E-state index contributed by atoms with van der Waals surface area (Å²) in [6.45, 7) is 16.4. The number of carboxylic acid groups (broad SMARTS) is 1. The molecule has 3 fully saturated rings. The van der Waals surface area contributed by atoms with E-state index in [0.717, 1.165) is 16.7 Å². The molecule has 0 amide bonds. The summed E-state index contributed by atoms with van der Waals surface area (Å²) in [4.78, 5) is 55.8. The van der Waals surface area contributed by atoms with Crippen molar-refractivity contribution in [1.29, 1.82) is 0 Å². The molecule has 0 aromatic heterocycles. The molecule has 4 aliphatic carbocycles. The zero-order valence-electron chi connectivity index (χ0n) is 37.8. The lowest BCUT2D eigenvalue weighted by molar-refractivity contribution is -0.311. The summed E-state index contributed by atoms with van der Waals surface area (Å²) in [6, 6.07) is 2.81. The molecule has 0 unspecified atom stereocenters. The predicted octanol–water partition coefficient (Wildman–Crippen LogP) is 6.75. The number of rotatable bonds is 6. The average Bonchev–Trinajstić information content (AvgIpc) is 3.45. The topological polar surface area (TPSA) is 216 Å². The van der Waals surface area contributed by atoms with Gasteiger partial charge >= 0.3 is 17.9 Å². The van der Waals surface area contributed by atoms with Crippen molar-refractivity contribution < 1.29 is 68.4 Å². The quantitative estimate of drug-likeness (QED) is 0.114. The van der Waals surface area contributed by atoms with Crippen molar-refractivity contribution in [1.82, 2.24) is 0 Å².